The summed E-state index contributed by atoms with van der Waals surface area (Å²) in [4.78, 5) is 0. The summed E-state index contributed by atoms with van der Waals surface area (Å²) in [5.74, 6) is 1.40. The highest BCUT2D eigenvalue weighted by Gasteiger charge is 2.37. The summed E-state index contributed by atoms with van der Waals surface area (Å²) >= 11 is 5.69. The first kappa shape index (κ1) is 9.86. The van der Waals surface area contributed by atoms with Crippen molar-refractivity contribution in [1.29, 1.82) is 5.26 Å². The molecule has 0 N–H and O–H groups in total. The van der Waals surface area contributed by atoms with E-state index < -0.39 is 0 Å². The molecule has 0 radical (unpaired) electrons. The lowest BCUT2D eigenvalue weighted by Crippen LogP contribution is -2.14. The average Bonchev–Trinajstić information content (AvgIpc) is 2.50. The van der Waals surface area contributed by atoms with Crippen LogP contribution in [0.3, 0.4) is 0 Å². The molecule has 1 aliphatic rings. The predicted octanol–water partition coefficient (Wildman–Crippen LogP) is 3.34. The molecule has 2 heteroatoms. The second-order valence-corrected chi connectivity index (χ2v) is 4.23. The molecule has 2 atom stereocenters. The molecular formula is C10H16ClN. The van der Waals surface area contributed by atoms with E-state index in [1.807, 2.05) is 0 Å². The first-order valence-corrected chi connectivity index (χ1v) is 5.27. The molecule has 1 saturated carbocycles. The maximum Gasteiger partial charge on any atom is 0.0690 e. The normalized spacial score (nSPS) is 34.9. The van der Waals surface area contributed by atoms with Crippen molar-refractivity contribution in [3.8, 4) is 6.07 Å². The van der Waals surface area contributed by atoms with Gasteiger partial charge in [-0.05, 0) is 31.6 Å². The Kier molecular flexibility index (Phi) is 3.40. The Morgan fingerprint density at radius 1 is 1.67 bits per heavy atom. The predicted molar refractivity (Wildman–Crippen MR) is 51.0 cm³/mol. The van der Waals surface area contributed by atoms with Crippen LogP contribution in [0, 0.1) is 22.7 Å². The minimum absolute atomic E-state index is 0.0670. The second kappa shape index (κ2) is 4.14. The number of nitriles is 1. The minimum Gasteiger partial charge on any atom is -0.198 e. The van der Waals surface area contributed by atoms with Crippen LogP contribution in [-0.2, 0) is 0 Å². The van der Waals surface area contributed by atoms with E-state index >= 15 is 0 Å². The van der Waals surface area contributed by atoms with Crippen molar-refractivity contribution in [2.24, 2.45) is 11.3 Å². The molecule has 0 aromatic carbocycles. The smallest absolute Gasteiger partial charge is 0.0690 e. The SMILES string of the molecule is CCC1CCC(C#N)(CCCl)C1. The zero-order chi connectivity index (χ0) is 9.03. The molecule has 2 unspecified atom stereocenters. The lowest BCUT2D eigenvalue weighted by Gasteiger charge is -2.18. The van der Waals surface area contributed by atoms with Gasteiger partial charge in [0.1, 0.15) is 0 Å². The van der Waals surface area contributed by atoms with Gasteiger partial charge in [-0.15, -0.1) is 11.6 Å². The molecule has 0 heterocycles. The average molecular weight is 186 g/mol. The first-order chi connectivity index (χ1) is 5.76. The van der Waals surface area contributed by atoms with E-state index in [0.29, 0.717) is 5.88 Å². The van der Waals surface area contributed by atoms with Gasteiger partial charge in [-0.2, -0.15) is 5.26 Å². The van der Waals surface area contributed by atoms with E-state index in [-0.39, 0.29) is 5.41 Å². The molecule has 1 rings (SSSR count). The molecule has 0 amide bonds. The van der Waals surface area contributed by atoms with Crippen molar-refractivity contribution in [3.63, 3.8) is 0 Å². The van der Waals surface area contributed by atoms with Crippen LogP contribution in [0.5, 0.6) is 0 Å². The van der Waals surface area contributed by atoms with E-state index in [0.717, 1.165) is 25.2 Å². The highest BCUT2D eigenvalue weighted by molar-refractivity contribution is 6.17. The van der Waals surface area contributed by atoms with E-state index in [1.165, 1.54) is 12.8 Å². The lowest BCUT2D eigenvalue weighted by atomic mass is 9.84. The topological polar surface area (TPSA) is 23.8 Å². The Morgan fingerprint density at radius 2 is 2.42 bits per heavy atom. The van der Waals surface area contributed by atoms with Crippen LogP contribution < -0.4 is 0 Å². The van der Waals surface area contributed by atoms with Crippen molar-refractivity contribution in [2.75, 3.05) is 5.88 Å². The third kappa shape index (κ3) is 1.93. The van der Waals surface area contributed by atoms with Gasteiger partial charge in [0, 0.05) is 5.88 Å². The molecule has 12 heavy (non-hydrogen) atoms. The molecule has 1 aliphatic carbocycles. The van der Waals surface area contributed by atoms with Gasteiger partial charge in [-0.1, -0.05) is 13.3 Å². The Balaban J connectivity index is 2.55. The second-order valence-electron chi connectivity index (χ2n) is 3.85. The summed E-state index contributed by atoms with van der Waals surface area (Å²) in [5, 5.41) is 9.05. The zero-order valence-corrected chi connectivity index (χ0v) is 8.40. The van der Waals surface area contributed by atoms with E-state index in [2.05, 4.69) is 13.0 Å². The summed E-state index contributed by atoms with van der Waals surface area (Å²) < 4.78 is 0. The van der Waals surface area contributed by atoms with Crippen LogP contribution in [0.25, 0.3) is 0 Å². The number of hydrogen-bond donors (Lipinski definition) is 0. The molecule has 68 valence electrons. The summed E-state index contributed by atoms with van der Waals surface area (Å²) in [5.41, 5.74) is -0.0670. The zero-order valence-electron chi connectivity index (χ0n) is 7.65. The van der Waals surface area contributed by atoms with Gasteiger partial charge in [-0.25, -0.2) is 0 Å². The van der Waals surface area contributed by atoms with Gasteiger partial charge in [0.15, 0.2) is 0 Å². The van der Waals surface area contributed by atoms with E-state index in [4.69, 9.17) is 16.9 Å². The van der Waals surface area contributed by atoms with E-state index in [9.17, 15) is 0 Å². The number of alkyl halides is 1. The fourth-order valence-electron chi connectivity index (χ4n) is 2.15. The fraction of sp³-hybridized carbons (Fsp3) is 0.900. The quantitative estimate of drug-likeness (QED) is 0.619. The van der Waals surface area contributed by atoms with Gasteiger partial charge < -0.3 is 0 Å². The van der Waals surface area contributed by atoms with Crippen molar-refractivity contribution >= 4 is 11.6 Å². The Bertz CT molecular complexity index is 185. The van der Waals surface area contributed by atoms with E-state index in [1.54, 1.807) is 0 Å². The third-order valence-electron chi connectivity index (χ3n) is 3.10. The maximum absolute atomic E-state index is 9.05. The number of halogens is 1. The standard InChI is InChI=1S/C10H16ClN/c1-2-9-3-4-10(7-9,8-12)5-6-11/h9H,2-7H2,1H3. The van der Waals surface area contributed by atoms with Crippen molar-refractivity contribution in [3.05, 3.63) is 0 Å². The first-order valence-electron chi connectivity index (χ1n) is 4.73. The Morgan fingerprint density at radius 3 is 2.83 bits per heavy atom. The van der Waals surface area contributed by atoms with Gasteiger partial charge in [0.05, 0.1) is 11.5 Å². The summed E-state index contributed by atoms with van der Waals surface area (Å²) in [7, 11) is 0. The van der Waals surface area contributed by atoms with Gasteiger partial charge in [0.25, 0.3) is 0 Å². The lowest BCUT2D eigenvalue weighted by molar-refractivity contribution is 0.372. The summed E-state index contributed by atoms with van der Waals surface area (Å²) in [6.45, 7) is 2.21. The number of hydrogen-bond acceptors (Lipinski definition) is 1. The molecule has 0 aromatic heterocycles. The van der Waals surface area contributed by atoms with Crippen LogP contribution in [-0.4, -0.2) is 5.88 Å². The highest BCUT2D eigenvalue weighted by atomic mass is 35.5. The monoisotopic (exact) mass is 185 g/mol. The molecule has 0 spiro atoms. The molecular weight excluding hydrogens is 170 g/mol. The van der Waals surface area contributed by atoms with Gasteiger partial charge in [0.2, 0.25) is 0 Å². The van der Waals surface area contributed by atoms with Gasteiger partial charge >= 0.3 is 0 Å². The fourth-order valence-corrected chi connectivity index (χ4v) is 2.51. The van der Waals surface area contributed by atoms with Crippen LogP contribution in [0.4, 0.5) is 0 Å². The molecule has 0 bridgehead atoms. The maximum atomic E-state index is 9.05. The third-order valence-corrected chi connectivity index (χ3v) is 3.29. The van der Waals surface area contributed by atoms with Crippen molar-refractivity contribution < 1.29 is 0 Å². The highest BCUT2D eigenvalue weighted by Crippen LogP contribution is 2.45. The summed E-state index contributed by atoms with van der Waals surface area (Å²) in [6.07, 6.45) is 5.45. The van der Waals surface area contributed by atoms with Crippen LogP contribution in [0.15, 0.2) is 0 Å². The van der Waals surface area contributed by atoms with Crippen LogP contribution in [0.1, 0.15) is 39.0 Å². The molecule has 1 fully saturated rings. The summed E-state index contributed by atoms with van der Waals surface area (Å²) in [6, 6.07) is 2.46. The number of rotatable bonds is 3. The molecule has 0 saturated heterocycles. The van der Waals surface area contributed by atoms with Crippen molar-refractivity contribution in [1.82, 2.24) is 0 Å². The van der Waals surface area contributed by atoms with Crippen LogP contribution >= 0.6 is 11.6 Å². The molecule has 1 nitrogen and oxygen atoms in total. The minimum atomic E-state index is -0.0670. The van der Waals surface area contributed by atoms with Gasteiger partial charge in [-0.3, -0.25) is 0 Å². The van der Waals surface area contributed by atoms with Crippen molar-refractivity contribution in [2.45, 2.75) is 39.0 Å². The number of nitrogens with zero attached hydrogens (tertiary/aromatic N) is 1. The van der Waals surface area contributed by atoms with Crippen LogP contribution in [0.2, 0.25) is 0 Å². The largest absolute Gasteiger partial charge is 0.198 e. The molecule has 0 aromatic rings. The Hall–Kier alpha value is -0.220. The molecule has 0 aliphatic heterocycles. The Labute approximate surface area is 79.7 Å².